The molecule has 0 saturated heterocycles. The van der Waals surface area contributed by atoms with Gasteiger partial charge >= 0.3 is 5.69 Å². The largest absolute Gasteiger partial charge is 0.494 e. The Kier molecular flexibility index (Phi) is 5.15. The highest BCUT2D eigenvalue weighted by Gasteiger charge is 2.18. The van der Waals surface area contributed by atoms with Crippen LogP contribution in [0.4, 0.5) is 0 Å². The maximum atomic E-state index is 12.3. The molecule has 2 aromatic rings. The second-order valence-electron chi connectivity index (χ2n) is 5.24. The van der Waals surface area contributed by atoms with Crippen molar-refractivity contribution in [2.45, 2.75) is 26.3 Å². The Morgan fingerprint density at radius 1 is 1.30 bits per heavy atom. The molecule has 2 heterocycles. The van der Waals surface area contributed by atoms with E-state index in [1.165, 1.54) is 14.1 Å². The fourth-order valence-electron chi connectivity index (χ4n) is 2.34. The first-order valence-electron chi connectivity index (χ1n) is 7.45. The number of aromatic nitrogens is 4. The highest BCUT2D eigenvalue weighted by atomic mass is 16.3. The van der Waals surface area contributed by atoms with Crippen molar-refractivity contribution in [3.8, 4) is 5.88 Å². The van der Waals surface area contributed by atoms with Gasteiger partial charge in [-0.15, -0.1) is 0 Å². The molecule has 0 bridgehead atoms. The molecule has 0 aliphatic carbocycles. The Hall–Kier alpha value is -2.64. The molecule has 23 heavy (non-hydrogen) atoms. The third kappa shape index (κ3) is 3.41. The number of aryl methyl sites for hydroxylation is 1. The lowest BCUT2D eigenvalue weighted by atomic mass is 10.1. The van der Waals surface area contributed by atoms with Crippen molar-refractivity contribution in [3.63, 3.8) is 0 Å². The van der Waals surface area contributed by atoms with Crippen molar-refractivity contribution in [2.75, 3.05) is 6.54 Å². The minimum Gasteiger partial charge on any atom is -0.494 e. The molecule has 0 aliphatic heterocycles. The Balaban J connectivity index is 2.25. The molecule has 0 aromatic carbocycles. The molecule has 2 rings (SSSR count). The first-order valence-corrected chi connectivity index (χ1v) is 7.45. The van der Waals surface area contributed by atoms with E-state index in [0.717, 1.165) is 22.1 Å². The Morgan fingerprint density at radius 3 is 2.65 bits per heavy atom. The van der Waals surface area contributed by atoms with Crippen molar-refractivity contribution in [1.82, 2.24) is 18.7 Å². The van der Waals surface area contributed by atoms with Gasteiger partial charge in [-0.25, -0.2) is 9.78 Å². The molecular weight excluding hydrogens is 298 g/mol. The second kappa shape index (κ2) is 7.08. The SMILES string of the molecule is CCC(=NCCCn1ccnc1)c1c(O)n(C)c(=O)n(C)c1=O. The average Bonchev–Trinajstić information content (AvgIpc) is 3.06. The Bertz CT molecular complexity index is 815. The standard InChI is InChI=1S/C15H21N5O3/c1-4-11(17-6-5-8-20-9-7-16-10-20)12-13(21)18(2)15(23)19(3)14(12)22/h7,9-10,21H,4-6,8H2,1-3H3. The molecule has 0 aliphatic rings. The molecule has 0 saturated carbocycles. The summed E-state index contributed by atoms with van der Waals surface area (Å²) in [5, 5.41) is 10.1. The van der Waals surface area contributed by atoms with E-state index >= 15 is 0 Å². The zero-order valence-electron chi connectivity index (χ0n) is 13.6. The van der Waals surface area contributed by atoms with Crippen LogP contribution in [0.15, 0.2) is 33.3 Å². The molecule has 0 atom stereocenters. The lowest BCUT2D eigenvalue weighted by Gasteiger charge is -2.11. The van der Waals surface area contributed by atoms with Gasteiger partial charge in [0.1, 0.15) is 5.56 Å². The van der Waals surface area contributed by atoms with E-state index in [0.29, 0.717) is 18.7 Å². The fraction of sp³-hybridized carbons (Fsp3) is 0.467. The van der Waals surface area contributed by atoms with E-state index < -0.39 is 11.2 Å². The lowest BCUT2D eigenvalue weighted by molar-refractivity contribution is 0.410. The summed E-state index contributed by atoms with van der Waals surface area (Å²) in [5.74, 6) is -0.340. The predicted octanol–water partition coefficient (Wildman–Crippen LogP) is 0.275. The topological polar surface area (TPSA) is 94.4 Å². The molecule has 0 unspecified atom stereocenters. The molecular formula is C15H21N5O3. The summed E-state index contributed by atoms with van der Waals surface area (Å²) in [4.78, 5) is 32.5. The Morgan fingerprint density at radius 2 is 2.04 bits per heavy atom. The summed E-state index contributed by atoms with van der Waals surface area (Å²) in [5.41, 5.74) is -0.489. The number of nitrogens with zero attached hydrogens (tertiary/aromatic N) is 5. The first kappa shape index (κ1) is 16.7. The van der Waals surface area contributed by atoms with Crippen molar-refractivity contribution < 1.29 is 5.11 Å². The lowest BCUT2D eigenvalue weighted by Crippen LogP contribution is -2.40. The molecule has 1 N–H and O–H groups in total. The van der Waals surface area contributed by atoms with E-state index in [-0.39, 0.29) is 11.4 Å². The average molecular weight is 319 g/mol. The van der Waals surface area contributed by atoms with Crippen molar-refractivity contribution in [2.24, 2.45) is 19.1 Å². The van der Waals surface area contributed by atoms with Gasteiger partial charge in [0.25, 0.3) is 5.56 Å². The van der Waals surface area contributed by atoms with Crippen LogP contribution in [-0.4, -0.2) is 36.0 Å². The molecule has 0 radical (unpaired) electrons. The third-order valence-corrected chi connectivity index (χ3v) is 3.69. The molecule has 0 fully saturated rings. The molecule has 0 spiro atoms. The van der Waals surface area contributed by atoms with Gasteiger partial charge in [-0.3, -0.25) is 18.9 Å². The van der Waals surface area contributed by atoms with Crippen LogP contribution < -0.4 is 11.2 Å². The second-order valence-corrected chi connectivity index (χ2v) is 5.24. The third-order valence-electron chi connectivity index (χ3n) is 3.69. The van der Waals surface area contributed by atoms with Gasteiger partial charge in [-0.2, -0.15) is 0 Å². The van der Waals surface area contributed by atoms with E-state index in [1.54, 1.807) is 12.5 Å². The highest BCUT2D eigenvalue weighted by Crippen LogP contribution is 2.12. The van der Waals surface area contributed by atoms with Gasteiger partial charge in [0.15, 0.2) is 0 Å². The number of rotatable bonds is 6. The quantitative estimate of drug-likeness (QED) is 0.611. The summed E-state index contributed by atoms with van der Waals surface area (Å²) >= 11 is 0. The zero-order chi connectivity index (χ0) is 17.0. The van der Waals surface area contributed by atoms with Crippen LogP contribution in [0.3, 0.4) is 0 Å². The minimum absolute atomic E-state index is 0.0970. The molecule has 2 aromatic heterocycles. The van der Waals surface area contributed by atoms with Crippen LogP contribution >= 0.6 is 0 Å². The fourth-order valence-corrected chi connectivity index (χ4v) is 2.34. The van der Waals surface area contributed by atoms with Crippen LogP contribution in [-0.2, 0) is 20.6 Å². The molecule has 8 heteroatoms. The van der Waals surface area contributed by atoms with Crippen LogP contribution in [0.2, 0.25) is 0 Å². The summed E-state index contributed by atoms with van der Waals surface area (Å²) in [6.07, 6.45) is 6.60. The van der Waals surface area contributed by atoms with Gasteiger partial charge < -0.3 is 9.67 Å². The summed E-state index contributed by atoms with van der Waals surface area (Å²) in [7, 11) is 2.81. The van der Waals surface area contributed by atoms with Crippen molar-refractivity contribution in [3.05, 3.63) is 45.1 Å². The van der Waals surface area contributed by atoms with E-state index in [1.807, 2.05) is 17.7 Å². The van der Waals surface area contributed by atoms with Crippen LogP contribution in [0, 0.1) is 0 Å². The van der Waals surface area contributed by atoms with Crippen molar-refractivity contribution in [1.29, 1.82) is 0 Å². The first-order chi connectivity index (χ1) is 11.0. The van der Waals surface area contributed by atoms with E-state index in [4.69, 9.17) is 0 Å². The zero-order valence-corrected chi connectivity index (χ0v) is 13.6. The highest BCUT2D eigenvalue weighted by molar-refractivity contribution is 6.01. The van der Waals surface area contributed by atoms with Gasteiger partial charge in [0, 0.05) is 39.6 Å². The number of aromatic hydroxyl groups is 1. The molecule has 8 nitrogen and oxygen atoms in total. The van der Waals surface area contributed by atoms with Crippen molar-refractivity contribution >= 4 is 5.71 Å². The summed E-state index contributed by atoms with van der Waals surface area (Å²) in [6, 6.07) is 0. The van der Waals surface area contributed by atoms with E-state index in [2.05, 4.69) is 9.98 Å². The number of hydrogen-bond donors (Lipinski definition) is 1. The maximum absolute atomic E-state index is 12.3. The monoisotopic (exact) mass is 319 g/mol. The van der Waals surface area contributed by atoms with Crippen LogP contribution in [0.25, 0.3) is 0 Å². The van der Waals surface area contributed by atoms with Crippen LogP contribution in [0.5, 0.6) is 5.88 Å². The number of aliphatic imine (C=N–C) groups is 1. The number of hydrogen-bond acceptors (Lipinski definition) is 5. The van der Waals surface area contributed by atoms with Gasteiger partial charge in [0.05, 0.1) is 12.0 Å². The smallest absolute Gasteiger partial charge is 0.333 e. The normalized spacial score (nSPS) is 11.9. The maximum Gasteiger partial charge on any atom is 0.333 e. The summed E-state index contributed by atoms with van der Waals surface area (Å²) in [6.45, 7) is 3.16. The summed E-state index contributed by atoms with van der Waals surface area (Å²) < 4.78 is 3.98. The van der Waals surface area contributed by atoms with Gasteiger partial charge in [-0.1, -0.05) is 6.92 Å². The molecule has 124 valence electrons. The molecule has 0 amide bonds. The number of imidazole rings is 1. The van der Waals surface area contributed by atoms with E-state index in [9.17, 15) is 14.7 Å². The van der Waals surface area contributed by atoms with Crippen LogP contribution in [0.1, 0.15) is 25.3 Å². The Labute approximate surface area is 133 Å². The van der Waals surface area contributed by atoms with Gasteiger partial charge in [-0.05, 0) is 12.8 Å². The van der Waals surface area contributed by atoms with Gasteiger partial charge in [0.2, 0.25) is 5.88 Å². The minimum atomic E-state index is -0.563. The predicted molar refractivity (Wildman–Crippen MR) is 87.1 cm³/mol.